The Morgan fingerprint density at radius 3 is 2.81 bits per heavy atom. The van der Waals surface area contributed by atoms with Crippen molar-refractivity contribution in [3.8, 4) is 0 Å². The number of hydrogen-bond acceptors (Lipinski definition) is 6. The minimum atomic E-state index is -0.576. The number of rotatable bonds is 4. The van der Waals surface area contributed by atoms with Gasteiger partial charge in [0.2, 0.25) is 0 Å². The Morgan fingerprint density at radius 1 is 1.27 bits per heavy atom. The maximum absolute atomic E-state index is 14.1. The number of piperidine rings is 1. The minimum absolute atomic E-state index is 0.212. The first-order valence-corrected chi connectivity index (χ1v) is 8.89. The highest BCUT2D eigenvalue weighted by atomic mass is 19.1. The highest BCUT2D eigenvalue weighted by molar-refractivity contribution is 5.34. The van der Waals surface area contributed by atoms with Crippen LogP contribution in [0, 0.1) is 15.9 Å². The van der Waals surface area contributed by atoms with Crippen LogP contribution in [0.4, 0.5) is 10.1 Å². The summed E-state index contributed by atoms with van der Waals surface area (Å²) in [6, 6.07) is 3.88. The van der Waals surface area contributed by atoms with Crippen molar-refractivity contribution in [2.24, 2.45) is 0 Å². The van der Waals surface area contributed by atoms with Gasteiger partial charge < -0.3 is 9.88 Å². The molecular formula is C17H21FN6O2. The van der Waals surface area contributed by atoms with Crippen molar-refractivity contribution in [3.05, 3.63) is 51.3 Å². The average molecular weight is 360 g/mol. The van der Waals surface area contributed by atoms with Crippen LogP contribution in [0.1, 0.15) is 36.0 Å². The van der Waals surface area contributed by atoms with Crippen molar-refractivity contribution in [2.45, 2.75) is 38.4 Å². The smallest absolute Gasteiger partial charge is 0.272 e. The molecule has 2 aliphatic heterocycles. The topological polar surface area (TPSA) is 89.1 Å². The van der Waals surface area contributed by atoms with Crippen molar-refractivity contribution in [3.63, 3.8) is 0 Å². The molecule has 9 heteroatoms. The van der Waals surface area contributed by atoms with Gasteiger partial charge in [0.1, 0.15) is 17.5 Å². The summed E-state index contributed by atoms with van der Waals surface area (Å²) in [5, 5.41) is 22.7. The first-order chi connectivity index (χ1) is 12.6. The Labute approximate surface area is 150 Å². The molecule has 26 heavy (non-hydrogen) atoms. The van der Waals surface area contributed by atoms with Crippen LogP contribution in [0.2, 0.25) is 0 Å². The predicted molar refractivity (Wildman–Crippen MR) is 92.0 cm³/mol. The largest absolute Gasteiger partial charge is 0.312 e. The minimum Gasteiger partial charge on any atom is -0.312 e. The molecule has 1 aromatic heterocycles. The van der Waals surface area contributed by atoms with Crippen LogP contribution in [-0.2, 0) is 19.6 Å². The van der Waals surface area contributed by atoms with Crippen molar-refractivity contribution in [2.75, 3.05) is 19.6 Å². The van der Waals surface area contributed by atoms with Gasteiger partial charge in [0.15, 0.2) is 0 Å². The van der Waals surface area contributed by atoms with Crippen LogP contribution < -0.4 is 5.32 Å². The maximum atomic E-state index is 14.1. The van der Waals surface area contributed by atoms with E-state index in [1.165, 1.54) is 12.1 Å². The Bertz CT molecular complexity index is 816. The van der Waals surface area contributed by atoms with Crippen molar-refractivity contribution >= 4 is 5.69 Å². The molecule has 2 aliphatic rings. The van der Waals surface area contributed by atoms with E-state index in [9.17, 15) is 14.5 Å². The molecule has 0 spiro atoms. The van der Waals surface area contributed by atoms with Gasteiger partial charge in [-0.3, -0.25) is 15.0 Å². The number of benzene rings is 1. The van der Waals surface area contributed by atoms with Crippen molar-refractivity contribution in [1.82, 2.24) is 25.0 Å². The van der Waals surface area contributed by atoms with Crippen LogP contribution in [0.3, 0.4) is 0 Å². The van der Waals surface area contributed by atoms with E-state index in [0.29, 0.717) is 18.0 Å². The molecule has 2 aromatic rings. The fourth-order valence-electron chi connectivity index (χ4n) is 3.78. The number of fused-ring (bicyclic) bond motifs is 1. The maximum Gasteiger partial charge on any atom is 0.272 e. The van der Waals surface area contributed by atoms with Gasteiger partial charge in [-0.05, 0) is 32.0 Å². The standard InChI is InChI=1S/C17H21FN6O2/c18-15-9-14(24(25)26)2-1-13(15)11-22-6-3-12(4-7-22)17-21-20-16-10-19-5-8-23(16)17/h1-2,9,12,19H,3-8,10-11H2. The van der Waals surface area contributed by atoms with Gasteiger partial charge >= 0.3 is 0 Å². The van der Waals surface area contributed by atoms with Crippen LogP contribution in [-0.4, -0.2) is 44.2 Å². The fraction of sp³-hybridized carbons (Fsp3) is 0.529. The third-order valence-corrected chi connectivity index (χ3v) is 5.25. The molecule has 0 amide bonds. The van der Waals surface area contributed by atoms with Crippen molar-refractivity contribution in [1.29, 1.82) is 0 Å². The van der Waals surface area contributed by atoms with Crippen LogP contribution in [0.25, 0.3) is 0 Å². The zero-order valence-corrected chi connectivity index (χ0v) is 14.4. The zero-order chi connectivity index (χ0) is 18.1. The highest BCUT2D eigenvalue weighted by Crippen LogP contribution is 2.29. The second-order valence-corrected chi connectivity index (χ2v) is 6.89. The fourth-order valence-corrected chi connectivity index (χ4v) is 3.78. The molecule has 3 heterocycles. The van der Waals surface area contributed by atoms with E-state index in [1.807, 2.05) is 0 Å². The summed E-state index contributed by atoms with van der Waals surface area (Å²) in [4.78, 5) is 12.3. The molecule has 0 bridgehead atoms. The van der Waals surface area contributed by atoms with Crippen molar-refractivity contribution < 1.29 is 9.31 Å². The average Bonchev–Trinajstić information content (AvgIpc) is 3.08. The molecule has 138 valence electrons. The summed E-state index contributed by atoms with van der Waals surface area (Å²) in [6.45, 7) is 4.79. The van der Waals surface area contributed by atoms with Gasteiger partial charge in [-0.1, -0.05) is 0 Å². The number of nitrogens with one attached hydrogen (secondary N) is 1. The Morgan fingerprint density at radius 2 is 2.08 bits per heavy atom. The molecule has 8 nitrogen and oxygen atoms in total. The quantitative estimate of drug-likeness (QED) is 0.661. The third-order valence-electron chi connectivity index (χ3n) is 5.25. The first kappa shape index (κ1) is 17.0. The lowest BCUT2D eigenvalue weighted by atomic mass is 9.95. The first-order valence-electron chi connectivity index (χ1n) is 8.89. The molecule has 1 aromatic carbocycles. The van der Waals surface area contributed by atoms with Gasteiger partial charge in [0.25, 0.3) is 5.69 Å². The molecule has 0 atom stereocenters. The Balaban J connectivity index is 1.38. The summed E-state index contributed by atoms with van der Waals surface area (Å²) in [6.07, 6.45) is 1.92. The SMILES string of the molecule is O=[N+]([O-])c1ccc(CN2CCC(c3nnc4n3CCNC4)CC2)c(F)c1. The summed E-state index contributed by atoms with van der Waals surface area (Å²) in [5.74, 6) is 1.94. The number of halogens is 1. The van der Waals surface area contributed by atoms with E-state index >= 15 is 0 Å². The number of hydrogen-bond donors (Lipinski definition) is 1. The molecule has 1 saturated heterocycles. The zero-order valence-electron chi connectivity index (χ0n) is 14.4. The van der Waals surface area contributed by atoms with Crippen LogP contribution >= 0.6 is 0 Å². The number of nitrogens with zero attached hydrogens (tertiary/aromatic N) is 5. The molecule has 1 fully saturated rings. The summed E-state index contributed by atoms with van der Waals surface area (Å²) < 4.78 is 16.3. The Hall–Kier alpha value is -2.39. The predicted octanol–water partition coefficient (Wildman–Crippen LogP) is 1.81. The van der Waals surface area contributed by atoms with E-state index in [0.717, 1.165) is 63.3 Å². The monoisotopic (exact) mass is 360 g/mol. The Kier molecular flexibility index (Phi) is 4.64. The molecule has 0 radical (unpaired) electrons. The van der Waals surface area contributed by atoms with Gasteiger partial charge in [-0.2, -0.15) is 0 Å². The van der Waals surface area contributed by atoms with Gasteiger partial charge in [-0.25, -0.2) is 4.39 Å². The van der Waals surface area contributed by atoms with Gasteiger partial charge in [0, 0.05) is 37.2 Å². The van der Waals surface area contributed by atoms with E-state index in [4.69, 9.17) is 0 Å². The van der Waals surface area contributed by atoms with Gasteiger partial charge in [-0.15, -0.1) is 10.2 Å². The van der Waals surface area contributed by atoms with E-state index < -0.39 is 10.7 Å². The lowest BCUT2D eigenvalue weighted by molar-refractivity contribution is -0.385. The number of nitro benzene ring substituents is 1. The van der Waals surface area contributed by atoms with E-state index in [-0.39, 0.29) is 5.69 Å². The van der Waals surface area contributed by atoms with Gasteiger partial charge in [0.05, 0.1) is 17.5 Å². The lowest BCUT2D eigenvalue weighted by Gasteiger charge is -2.32. The van der Waals surface area contributed by atoms with Crippen LogP contribution in [0.15, 0.2) is 18.2 Å². The number of non-ortho nitro benzene ring substituents is 1. The molecule has 0 aliphatic carbocycles. The van der Waals surface area contributed by atoms with Crippen LogP contribution in [0.5, 0.6) is 0 Å². The number of aromatic nitrogens is 3. The van der Waals surface area contributed by atoms with E-state index in [1.54, 1.807) is 0 Å². The highest BCUT2D eigenvalue weighted by Gasteiger charge is 2.27. The summed E-state index contributed by atoms with van der Waals surface area (Å²) in [5.41, 5.74) is 0.288. The molecule has 4 rings (SSSR count). The molecule has 0 unspecified atom stereocenters. The second-order valence-electron chi connectivity index (χ2n) is 6.89. The molecule has 1 N–H and O–H groups in total. The normalized spacial score (nSPS) is 18.7. The number of likely N-dealkylation sites (tertiary alicyclic amines) is 1. The van der Waals surface area contributed by atoms with E-state index in [2.05, 4.69) is 25.0 Å². The lowest BCUT2D eigenvalue weighted by Crippen LogP contribution is -2.35. The summed E-state index contributed by atoms with van der Waals surface area (Å²) in [7, 11) is 0. The third kappa shape index (κ3) is 3.32. The summed E-state index contributed by atoms with van der Waals surface area (Å²) >= 11 is 0. The second kappa shape index (κ2) is 7.08. The number of nitro groups is 1. The molecule has 0 saturated carbocycles. The molecular weight excluding hydrogens is 339 g/mol.